The van der Waals surface area contributed by atoms with Crippen LogP contribution in [0, 0.1) is 5.92 Å². The van der Waals surface area contributed by atoms with E-state index in [0.717, 1.165) is 12.8 Å². The molecule has 1 saturated heterocycles. The molecule has 0 saturated carbocycles. The first-order valence-electron chi connectivity index (χ1n) is 5.87. The molecular weight excluding hydrogens is 279 g/mol. The van der Waals surface area contributed by atoms with E-state index in [1.54, 1.807) is 11.8 Å². The molecule has 0 atom stereocenters. The zero-order chi connectivity index (χ0) is 12.3. The molecule has 93 valence electrons. The summed E-state index contributed by atoms with van der Waals surface area (Å²) in [6, 6.07) is 0. The van der Waals surface area contributed by atoms with E-state index >= 15 is 0 Å². The molecule has 1 aliphatic rings. The number of nitrogens with zero attached hydrogens (tertiary/aromatic N) is 1. The maximum absolute atomic E-state index is 10.9. The summed E-state index contributed by atoms with van der Waals surface area (Å²) in [6.45, 7) is 11.0. The van der Waals surface area contributed by atoms with E-state index in [9.17, 15) is 9.59 Å². The first-order chi connectivity index (χ1) is 7.24. The number of Topliss-reactive ketones (excluding diaryl/α,β-unsaturated/α-hetero) is 1. The molecule has 16 heavy (non-hydrogen) atoms. The third kappa shape index (κ3) is 9.47. The van der Waals surface area contributed by atoms with Gasteiger partial charge in [-0.2, -0.15) is 6.41 Å². The Balaban J connectivity index is -0.000000305. The van der Waals surface area contributed by atoms with E-state index in [1.165, 1.54) is 0 Å². The minimum Gasteiger partial charge on any atom is -0.520 e. The van der Waals surface area contributed by atoms with Crippen molar-refractivity contribution in [2.75, 3.05) is 13.1 Å². The van der Waals surface area contributed by atoms with Crippen LogP contribution >= 0.6 is 0 Å². The third-order valence-corrected chi connectivity index (χ3v) is 2.20. The fourth-order valence-electron chi connectivity index (χ4n) is 1.38. The number of carbonyl (C=O) groups is 1. The maximum Gasteiger partial charge on any atom is 0.133 e. The van der Waals surface area contributed by atoms with Crippen LogP contribution < -0.4 is 0 Å². The van der Waals surface area contributed by atoms with Crippen molar-refractivity contribution >= 4 is 12.2 Å². The molecule has 0 spiro atoms. The maximum atomic E-state index is 10.9. The van der Waals surface area contributed by atoms with Crippen LogP contribution in [0.2, 0.25) is 0 Å². The Kier molecular flexibility index (Phi) is 20.5. The van der Waals surface area contributed by atoms with Gasteiger partial charge in [0.2, 0.25) is 0 Å². The Morgan fingerprint density at radius 3 is 1.75 bits per heavy atom. The van der Waals surface area contributed by atoms with E-state index in [4.69, 9.17) is 0 Å². The van der Waals surface area contributed by atoms with Crippen LogP contribution in [0.25, 0.3) is 0 Å². The van der Waals surface area contributed by atoms with Crippen LogP contribution in [-0.2, 0) is 42.3 Å². The van der Waals surface area contributed by atoms with Gasteiger partial charge in [0.05, 0.1) is 0 Å². The molecule has 0 N–H and O–H groups in total. The van der Waals surface area contributed by atoms with Gasteiger partial charge in [0.25, 0.3) is 0 Å². The standard InChI is InChI=1S/C8H12NO2.2C2H6.Y/c1-7(11)8-2-4-9(6-10)5-3-8;2*1-2;/h8H,2-5H2,1H3;2*1-2H3;/q-1;;;. The molecule has 3 nitrogen and oxygen atoms in total. The van der Waals surface area contributed by atoms with Crippen LogP contribution in [0.1, 0.15) is 47.5 Å². The molecule has 1 amide bonds. The number of rotatable bonds is 2. The van der Waals surface area contributed by atoms with E-state index < -0.39 is 0 Å². The number of ketones is 1. The van der Waals surface area contributed by atoms with Crippen molar-refractivity contribution in [1.29, 1.82) is 0 Å². The van der Waals surface area contributed by atoms with Gasteiger partial charge in [0.15, 0.2) is 0 Å². The van der Waals surface area contributed by atoms with Crippen LogP contribution in [0.15, 0.2) is 0 Å². The van der Waals surface area contributed by atoms with Gasteiger partial charge in [0.1, 0.15) is 5.78 Å². The first-order valence-corrected chi connectivity index (χ1v) is 5.87. The molecule has 0 aliphatic carbocycles. The Labute approximate surface area is 125 Å². The summed E-state index contributed by atoms with van der Waals surface area (Å²) >= 11 is 0. The first kappa shape index (κ1) is 21.5. The normalized spacial score (nSPS) is 14.4. The molecule has 1 aliphatic heterocycles. The van der Waals surface area contributed by atoms with Crippen molar-refractivity contribution in [2.45, 2.75) is 47.5 Å². The largest absolute Gasteiger partial charge is 0.520 e. The van der Waals surface area contributed by atoms with Crippen molar-refractivity contribution in [3.8, 4) is 0 Å². The predicted octanol–water partition coefficient (Wildman–Crippen LogP) is 2.40. The summed E-state index contributed by atoms with van der Waals surface area (Å²) in [5, 5.41) is 0. The average Bonchev–Trinajstić information content (AvgIpc) is 2.34. The summed E-state index contributed by atoms with van der Waals surface area (Å²) < 4.78 is 0. The molecule has 1 radical (unpaired) electrons. The fraction of sp³-hybridized carbons (Fsp3) is 0.833. The van der Waals surface area contributed by atoms with Gasteiger partial charge in [0, 0.05) is 38.6 Å². The van der Waals surface area contributed by atoms with Gasteiger partial charge in [-0.15, -0.1) is 0 Å². The Morgan fingerprint density at radius 2 is 1.50 bits per heavy atom. The number of carbonyl (C=O) groups excluding carboxylic acids is 2. The van der Waals surface area contributed by atoms with E-state index in [2.05, 4.69) is 0 Å². The molecule has 0 aromatic rings. The monoisotopic (exact) mass is 303 g/mol. The minimum absolute atomic E-state index is 0. The third-order valence-electron chi connectivity index (χ3n) is 2.20. The number of likely N-dealkylation sites (tertiary alicyclic amines) is 1. The Bertz CT molecular complexity index is 166. The van der Waals surface area contributed by atoms with Crippen molar-refractivity contribution in [3.05, 3.63) is 0 Å². The van der Waals surface area contributed by atoms with Gasteiger partial charge in [-0.1, -0.05) is 27.7 Å². The minimum atomic E-state index is 0. The molecular formula is C12H24NO2Y-. The van der Waals surface area contributed by atoms with Crippen molar-refractivity contribution in [2.24, 2.45) is 5.92 Å². The summed E-state index contributed by atoms with van der Waals surface area (Å²) in [7, 11) is 0. The Morgan fingerprint density at radius 1 is 1.12 bits per heavy atom. The van der Waals surface area contributed by atoms with Crippen molar-refractivity contribution in [3.63, 3.8) is 0 Å². The molecule has 1 heterocycles. The molecule has 0 aromatic heterocycles. The van der Waals surface area contributed by atoms with Crippen LogP contribution in [0.3, 0.4) is 0 Å². The summed E-state index contributed by atoms with van der Waals surface area (Å²) in [5.74, 6) is 0.426. The zero-order valence-corrected chi connectivity index (χ0v) is 14.1. The van der Waals surface area contributed by atoms with E-state index in [-0.39, 0.29) is 44.4 Å². The van der Waals surface area contributed by atoms with Gasteiger partial charge in [-0.3, -0.25) is 4.79 Å². The number of amides is 1. The second-order valence-corrected chi connectivity index (χ2v) is 2.96. The summed E-state index contributed by atoms with van der Waals surface area (Å²) in [4.78, 5) is 22.6. The molecule has 4 heteroatoms. The molecule has 0 bridgehead atoms. The predicted molar refractivity (Wildman–Crippen MR) is 63.4 cm³/mol. The van der Waals surface area contributed by atoms with Gasteiger partial charge >= 0.3 is 0 Å². The van der Waals surface area contributed by atoms with Crippen LogP contribution in [0.4, 0.5) is 0 Å². The second-order valence-electron chi connectivity index (χ2n) is 2.96. The molecule has 1 fully saturated rings. The van der Waals surface area contributed by atoms with Gasteiger partial charge < -0.3 is 9.69 Å². The molecule has 0 aromatic carbocycles. The van der Waals surface area contributed by atoms with Gasteiger partial charge in [-0.25, -0.2) is 0 Å². The van der Waals surface area contributed by atoms with E-state index in [1.807, 2.05) is 34.1 Å². The molecule has 1 rings (SSSR count). The number of hydrogen-bond acceptors (Lipinski definition) is 2. The SMILES string of the molecule is CC.CC.CC(=O)C1CCN([C-]=O)CC1.[Y]. The van der Waals surface area contributed by atoms with Gasteiger partial charge in [-0.05, 0) is 32.9 Å². The number of hydrogen-bond donors (Lipinski definition) is 0. The molecule has 0 unspecified atom stereocenters. The topological polar surface area (TPSA) is 37.4 Å². The van der Waals surface area contributed by atoms with Crippen molar-refractivity contribution in [1.82, 2.24) is 4.90 Å². The smallest absolute Gasteiger partial charge is 0.133 e. The summed E-state index contributed by atoms with van der Waals surface area (Å²) in [5.41, 5.74) is 0. The van der Waals surface area contributed by atoms with E-state index in [0.29, 0.717) is 13.1 Å². The summed E-state index contributed by atoms with van der Waals surface area (Å²) in [6.07, 6.45) is 3.46. The quantitative estimate of drug-likeness (QED) is 0.735. The number of piperidine rings is 1. The van der Waals surface area contributed by atoms with Crippen LogP contribution in [0.5, 0.6) is 0 Å². The second kappa shape index (κ2) is 15.2. The average molecular weight is 303 g/mol. The van der Waals surface area contributed by atoms with Crippen LogP contribution in [-0.4, -0.2) is 30.2 Å². The fourth-order valence-corrected chi connectivity index (χ4v) is 1.38. The van der Waals surface area contributed by atoms with Crippen molar-refractivity contribution < 1.29 is 42.3 Å². The zero-order valence-electron chi connectivity index (χ0n) is 11.2. The Hall–Kier alpha value is 0.244.